The van der Waals surface area contributed by atoms with E-state index in [0.29, 0.717) is 12.3 Å². The van der Waals surface area contributed by atoms with Crippen LogP contribution >= 0.6 is 0 Å². The van der Waals surface area contributed by atoms with Gasteiger partial charge in [0.25, 0.3) is 0 Å². The van der Waals surface area contributed by atoms with Crippen molar-refractivity contribution in [3.05, 3.63) is 90.0 Å². The number of para-hydroxylation sites is 2. The van der Waals surface area contributed by atoms with Gasteiger partial charge in [0.05, 0.1) is 0 Å². The predicted molar refractivity (Wildman–Crippen MR) is 89.8 cm³/mol. The van der Waals surface area contributed by atoms with Crippen LogP contribution in [-0.4, -0.2) is 0 Å². The van der Waals surface area contributed by atoms with Crippen molar-refractivity contribution >= 4 is 5.69 Å². The molecular weight excluding hydrogens is 310 g/mol. The lowest BCUT2D eigenvalue weighted by molar-refractivity contribution is 0.456. The van der Waals surface area contributed by atoms with E-state index in [1.165, 1.54) is 6.07 Å². The van der Waals surface area contributed by atoms with Crippen molar-refractivity contribution in [1.82, 2.24) is 5.43 Å². The molecular formula is C19H16F2N2O. The standard InChI is InChI=1S/C19H16F2N2O/c20-17-11-10-16(12-18(17)21)24-19-9-5-4-6-14(19)13-22-23-15-7-2-1-3-8-15/h1-12,22-23H,13H2. The summed E-state index contributed by atoms with van der Waals surface area (Å²) in [6.45, 7) is 0.495. The molecule has 0 heterocycles. The quantitative estimate of drug-likeness (QED) is 0.634. The Kier molecular flexibility index (Phi) is 5.03. The zero-order valence-electron chi connectivity index (χ0n) is 12.8. The molecule has 2 N–H and O–H groups in total. The minimum absolute atomic E-state index is 0.248. The molecule has 0 fully saturated rings. The maximum Gasteiger partial charge on any atom is 0.162 e. The summed E-state index contributed by atoms with van der Waals surface area (Å²) in [5.74, 6) is -1.01. The van der Waals surface area contributed by atoms with Crippen LogP contribution in [0.15, 0.2) is 72.8 Å². The number of anilines is 1. The summed E-state index contributed by atoms with van der Waals surface area (Å²) < 4.78 is 32.0. The molecule has 3 rings (SSSR count). The molecule has 3 aromatic rings. The third-order valence-electron chi connectivity index (χ3n) is 3.38. The number of hydrazine groups is 1. The van der Waals surface area contributed by atoms with Crippen molar-refractivity contribution in [1.29, 1.82) is 0 Å². The van der Waals surface area contributed by atoms with Gasteiger partial charge in [-0.2, -0.15) is 0 Å². The Balaban J connectivity index is 1.67. The first-order valence-corrected chi connectivity index (χ1v) is 7.47. The average molecular weight is 326 g/mol. The van der Waals surface area contributed by atoms with E-state index < -0.39 is 11.6 Å². The van der Waals surface area contributed by atoms with Crippen molar-refractivity contribution in [2.75, 3.05) is 5.43 Å². The van der Waals surface area contributed by atoms with Crippen molar-refractivity contribution < 1.29 is 13.5 Å². The highest BCUT2D eigenvalue weighted by molar-refractivity contribution is 5.42. The minimum atomic E-state index is -0.936. The Morgan fingerprint density at radius 3 is 2.33 bits per heavy atom. The highest BCUT2D eigenvalue weighted by atomic mass is 19.2. The molecule has 0 atom stereocenters. The lowest BCUT2D eigenvalue weighted by Gasteiger charge is -2.13. The molecule has 0 saturated heterocycles. The SMILES string of the molecule is Fc1ccc(Oc2ccccc2CNNc2ccccc2)cc1F. The molecule has 24 heavy (non-hydrogen) atoms. The van der Waals surface area contributed by atoms with Crippen LogP contribution in [0.5, 0.6) is 11.5 Å². The molecule has 0 spiro atoms. The van der Waals surface area contributed by atoms with Crippen LogP contribution in [0.3, 0.4) is 0 Å². The van der Waals surface area contributed by atoms with E-state index in [1.807, 2.05) is 48.5 Å². The molecule has 0 radical (unpaired) electrons. The molecule has 0 amide bonds. The van der Waals surface area contributed by atoms with Crippen LogP contribution in [-0.2, 0) is 6.54 Å². The Labute approximate surface area is 138 Å². The summed E-state index contributed by atoms with van der Waals surface area (Å²) in [4.78, 5) is 0. The van der Waals surface area contributed by atoms with Crippen molar-refractivity contribution in [2.24, 2.45) is 0 Å². The van der Waals surface area contributed by atoms with Crippen LogP contribution in [0.2, 0.25) is 0 Å². The van der Waals surface area contributed by atoms with E-state index in [4.69, 9.17) is 4.74 Å². The first-order valence-electron chi connectivity index (χ1n) is 7.47. The molecule has 0 aliphatic rings. The number of rotatable bonds is 6. The van der Waals surface area contributed by atoms with Crippen molar-refractivity contribution in [3.8, 4) is 11.5 Å². The minimum Gasteiger partial charge on any atom is -0.457 e. The number of hydrogen-bond acceptors (Lipinski definition) is 3. The fourth-order valence-corrected chi connectivity index (χ4v) is 2.18. The van der Waals surface area contributed by atoms with E-state index in [9.17, 15) is 8.78 Å². The van der Waals surface area contributed by atoms with Crippen LogP contribution in [0.25, 0.3) is 0 Å². The fraction of sp³-hybridized carbons (Fsp3) is 0.0526. The summed E-state index contributed by atoms with van der Waals surface area (Å²) in [5, 5.41) is 0. The third kappa shape index (κ3) is 4.08. The molecule has 3 aromatic carbocycles. The average Bonchev–Trinajstić information content (AvgIpc) is 2.61. The second kappa shape index (κ2) is 7.57. The Bertz CT molecular complexity index is 809. The Morgan fingerprint density at radius 1 is 0.792 bits per heavy atom. The molecule has 0 bridgehead atoms. The lowest BCUT2D eigenvalue weighted by atomic mass is 10.2. The van der Waals surface area contributed by atoms with Crippen LogP contribution in [0.4, 0.5) is 14.5 Å². The number of benzene rings is 3. The topological polar surface area (TPSA) is 33.3 Å². The Hall–Kier alpha value is -2.92. The van der Waals surface area contributed by atoms with Gasteiger partial charge in [-0.25, -0.2) is 14.2 Å². The summed E-state index contributed by atoms with van der Waals surface area (Å²) in [5.41, 5.74) is 8.01. The fourth-order valence-electron chi connectivity index (χ4n) is 2.18. The van der Waals surface area contributed by atoms with E-state index in [-0.39, 0.29) is 5.75 Å². The first-order chi connectivity index (χ1) is 11.7. The summed E-state index contributed by atoms with van der Waals surface area (Å²) in [6.07, 6.45) is 0. The van der Waals surface area contributed by atoms with Gasteiger partial charge in [-0.15, -0.1) is 0 Å². The van der Waals surface area contributed by atoms with Gasteiger partial charge in [-0.3, -0.25) is 0 Å². The summed E-state index contributed by atoms with van der Waals surface area (Å²) >= 11 is 0. The van der Waals surface area contributed by atoms with Gasteiger partial charge in [0.15, 0.2) is 11.6 Å². The molecule has 5 heteroatoms. The van der Waals surface area contributed by atoms with Gasteiger partial charge in [-0.05, 0) is 30.3 Å². The smallest absolute Gasteiger partial charge is 0.162 e. The van der Waals surface area contributed by atoms with E-state index in [1.54, 1.807) is 6.07 Å². The molecule has 0 aliphatic heterocycles. The largest absolute Gasteiger partial charge is 0.457 e. The van der Waals surface area contributed by atoms with Crippen LogP contribution in [0, 0.1) is 11.6 Å². The number of ether oxygens (including phenoxy) is 1. The molecule has 0 saturated carbocycles. The highest BCUT2D eigenvalue weighted by Crippen LogP contribution is 2.26. The second-order valence-electron chi connectivity index (χ2n) is 5.13. The van der Waals surface area contributed by atoms with Crippen molar-refractivity contribution in [3.63, 3.8) is 0 Å². The maximum absolute atomic E-state index is 13.3. The van der Waals surface area contributed by atoms with Crippen LogP contribution in [0.1, 0.15) is 5.56 Å². The molecule has 122 valence electrons. The van der Waals surface area contributed by atoms with Gasteiger partial charge in [-0.1, -0.05) is 36.4 Å². The van der Waals surface area contributed by atoms with E-state index in [2.05, 4.69) is 10.9 Å². The predicted octanol–water partition coefficient (Wildman–Crippen LogP) is 4.87. The summed E-state index contributed by atoms with van der Waals surface area (Å²) in [7, 11) is 0. The first kappa shape index (κ1) is 16.0. The van der Waals surface area contributed by atoms with Gasteiger partial charge >= 0.3 is 0 Å². The lowest BCUT2D eigenvalue weighted by Crippen LogP contribution is -2.21. The molecule has 3 nitrogen and oxygen atoms in total. The molecule has 0 aromatic heterocycles. The molecule has 0 unspecified atom stereocenters. The number of halogens is 2. The van der Waals surface area contributed by atoms with E-state index >= 15 is 0 Å². The number of hydrogen-bond donors (Lipinski definition) is 2. The second-order valence-corrected chi connectivity index (χ2v) is 5.13. The third-order valence-corrected chi connectivity index (χ3v) is 3.38. The monoisotopic (exact) mass is 326 g/mol. The maximum atomic E-state index is 13.3. The zero-order chi connectivity index (χ0) is 16.8. The van der Waals surface area contributed by atoms with Gasteiger partial charge in [0.1, 0.15) is 11.5 Å². The highest BCUT2D eigenvalue weighted by Gasteiger charge is 2.07. The normalized spacial score (nSPS) is 10.4. The molecule has 0 aliphatic carbocycles. The van der Waals surface area contributed by atoms with Gasteiger partial charge in [0.2, 0.25) is 0 Å². The van der Waals surface area contributed by atoms with Crippen LogP contribution < -0.4 is 15.6 Å². The number of nitrogens with one attached hydrogen (secondary N) is 2. The van der Waals surface area contributed by atoms with Gasteiger partial charge in [0, 0.05) is 23.9 Å². The van der Waals surface area contributed by atoms with Crippen molar-refractivity contribution in [2.45, 2.75) is 6.54 Å². The summed E-state index contributed by atoms with van der Waals surface area (Å²) in [6, 6.07) is 20.5. The van der Waals surface area contributed by atoms with Gasteiger partial charge < -0.3 is 10.2 Å². The van der Waals surface area contributed by atoms with E-state index in [0.717, 1.165) is 23.4 Å². The zero-order valence-corrected chi connectivity index (χ0v) is 12.8. The Morgan fingerprint density at radius 2 is 1.54 bits per heavy atom.